The second kappa shape index (κ2) is 8.85. The average molecular weight is 108 g/mol. The highest BCUT2D eigenvalue weighted by atomic mass is 16.9. The molecule has 0 atom stereocenters. The van der Waals surface area contributed by atoms with Gasteiger partial charge in [-0.25, -0.2) is 4.79 Å². The summed E-state index contributed by atoms with van der Waals surface area (Å²) in [6, 6.07) is 0. The van der Waals surface area contributed by atoms with Gasteiger partial charge in [0.15, 0.2) is 0 Å². The summed E-state index contributed by atoms with van der Waals surface area (Å²) in [7, 11) is 0. The molecule has 0 aliphatic heterocycles. The lowest BCUT2D eigenvalue weighted by atomic mass is 11.5. The van der Waals surface area contributed by atoms with Crippen LogP contribution in [0.1, 0.15) is 0 Å². The molecule has 6 nitrogen and oxygen atoms in total. The van der Waals surface area contributed by atoms with Crippen LogP contribution in [0.25, 0.3) is 0 Å². The van der Waals surface area contributed by atoms with Crippen LogP contribution in [0.3, 0.4) is 0 Å². The van der Waals surface area contributed by atoms with Gasteiger partial charge in [-0.1, -0.05) is 0 Å². The van der Waals surface area contributed by atoms with E-state index in [2.05, 4.69) is 5.73 Å². The van der Waals surface area contributed by atoms with Gasteiger partial charge in [0.1, 0.15) is 0 Å². The molecule has 3 N–H and O–H groups in total. The van der Waals surface area contributed by atoms with Crippen molar-refractivity contribution in [2.24, 2.45) is 0 Å². The molecule has 0 bridgehead atoms. The summed E-state index contributed by atoms with van der Waals surface area (Å²) >= 11 is 0. The predicted octanol–water partition coefficient (Wildman–Crippen LogP) is -1.85. The van der Waals surface area contributed by atoms with E-state index in [0.717, 1.165) is 0 Å². The maximum absolute atomic E-state index is 8.69. The van der Waals surface area contributed by atoms with Crippen LogP contribution < -0.4 is 5.73 Å². The fourth-order valence-corrected chi connectivity index (χ4v) is 0. The highest BCUT2D eigenvalue weighted by molar-refractivity contribution is 5.29. The first-order valence-electron chi connectivity index (χ1n) is 1.19. The first-order valence-corrected chi connectivity index (χ1v) is 1.19. The van der Waals surface area contributed by atoms with Crippen LogP contribution >= 0.6 is 0 Å². The molecule has 0 aromatic heterocycles. The molecule has 0 saturated carbocycles. The minimum atomic E-state index is -1.75. The van der Waals surface area contributed by atoms with Gasteiger partial charge < -0.3 is 15.3 Å². The largest absolute Gasteiger partial charge is 0.356 e. The van der Waals surface area contributed by atoms with E-state index in [1.165, 1.54) is 0 Å². The standard InChI is InChI=1S/CH3NO.NO3/c2-1-3;2-1(3)4/h1H,(H2,2,3);/q;-1/p+1. The van der Waals surface area contributed by atoms with Crippen molar-refractivity contribution in [2.75, 3.05) is 0 Å². The van der Waals surface area contributed by atoms with Gasteiger partial charge in [0, 0.05) is 0 Å². The molecule has 0 radical (unpaired) electrons. The predicted molar refractivity (Wildman–Crippen MR) is 19.3 cm³/mol. The Morgan fingerprint density at radius 2 is 1.57 bits per heavy atom. The van der Waals surface area contributed by atoms with Crippen molar-refractivity contribution in [3.05, 3.63) is 15.3 Å². The minimum absolute atomic E-state index is 0.500. The second-order valence-electron chi connectivity index (χ2n) is 0.390. The quantitative estimate of drug-likeness (QED) is 0.223. The normalized spacial score (nSPS) is 5.29. The molecule has 0 unspecified atom stereocenters. The Hall–Kier alpha value is -1.17. The van der Waals surface area contributed by atoms with Crippen LogP contribution in [0.15, 0.2) is 0 Å². The monoisotopic (exact) mass is 108 g/mol. The molecule has 42 valence electrons. The zero-order valence-corrected chi connectivity index (χ0v) is 3.36. The number of quaternary nitrogens is 1. The van der Waals surface area contributed by atoms with E-state index in [0.29, 0.717) is 6.41 Å². The smallest absolute Gasteiger partial charge is 0.296 e. The molecule has 0 saturated heterocycles. The third kappa shape index (κ3) is 28.3. The molecule has 7 heavy (non-hydrogen) atoms. The molecule has 0 spiro atoms. The Morgan fingerprint density at radius 1 is 1.57 bits per heavy atom. The lowest BCUT2D eigenvalue weighted by Crippen LogP contribution is -2.46. The van der Waals surface area contributed by atoms with Gasteiger partial charge >= 0.3 is 0 Å². The van der Waals surface area contributed by atoms with E-state index in [9.17, 15) is 0 Å². The van der Waals surface area contributed by atoms with Crippen molar-refractivity contribution in [1.29, 1.82) is 0 Å². The minimum Gasteiger partial charge on any atom is -0.356 e. The lowest BCUT2D eigenvalue weighted by Gasteiger charge is -1.74. The SMILES string of the molecule is O=[N+]([O-])[O-].[NH3+]C=O. The van der Waals surface area contributed by atoms with Crippen LogP contribution in [-0.4, -0.2) is 11.5 Å². The molecule has 0 aliphatic rings. The van der Waals surface area contributed by atoms with Crippen LogP contribution in [0, 0.1) is 15.3 Å². The van der Waals surface area contributed by atoms with Crippen LogP contribution in [-0.2, 0) is 4.79 Å². The highest BCUT2D eigenvalue weighted by Gasteiger charge is 1.45. The van der Waals surface area contributed by atoms with Gasteiger partial charge in [0.25, 0.3) is 6.41 Å². The Labute approximate surface area is 38.6 Å². The summed E-state index contributed by atoms with van der Waals surface area (Å²) in [5, 5.41) is 14.8. The zero-order chi connectivity index (χ0) is 6.28. The van der Waals surface area contributed by atoms with Gasteiger partial charge in [-0.05, 0) is 0 Å². The number of hydrogen-bond acceptors (Lipinski definition) is 4. The van der Waals surface area contributed by atoms with E-state index in [1.807, 2.05) is 0 Å². The van der Waals surface area contributed by atoms with Crippen molar-refractivity contribution in [2.45, 2.75) is 0 Å². The number of carbonyl (C=O) groups excluding carboxylic acids is 1. The maximum atomic E-state index is 8.69. The topological polar surface area (TPSA) is 111 Å². The molecular weight excluding hydrogens is 104 g/mol. The Bertz CT molecular complexity index is 56.7. The summed E-state index contributed by atoms with van der Waals surface area (Å²) in [4.78, 5) is 16.9. The van der Waals surface area contributed by atoms with Gasteiger partial charge in [0.2, 0.25) is 0 Å². The number of carbonyl (C=O) groups is 1. The molecule has 0 heterocycles. The van der Waals surface area contributed by atoms with Crippen LogP contribution in [0.2, 0.25) is 0 Å². The van der Waals surface area contributed by atoms with Crippen molar-refractivity contribution < 1.29 is 15.6 Å². The van der Waals surface area contributed by atoms with E-state index < -0.39 is 5.09 Å². The number of hydrogen-bond donors (Lipinski definition) is 1. The third-order valence-corrected chi connectivity index (χ3v) is 0. The van der Waals surface area contributed by atoms with E-state index >= 15 is 0 Å². The van der Waals surface area contributed by atoms with Crippen molar-refractivity contribution >= 4 is 6.41 Å². The highest BCUT2D eigenvalue weighted by Crippen LogP contribution is 1.44. The molecular formula is CH4N2O4. The van der Waals surface area contributed by atoms with Crippen molar-refractivity contribution in [3.63, 3.8) is 0 Å². The fourth-order valence-electron chi connectivity index (χ4n) is 0. The van der Waals surface area contributed by atoms with E-state index in [4.69, 9.17) is 20.1 Å². The Balaban J connectivity index is 0. The molecule has 1 amide bonds. The van der Waals surface area contributed by atoms with Crippen molar-refractivity contribution in [1.82, 2.24) is 0 Å². The van der Waals surface area contributed by atoms with Crippen molar-refractivity contribution in [3.8, 4) is 0 Å². The first-order chi connectivity index (χ1) is 3.15. The Morgan fingerprint density at radius 3 is 1.57 bits per heavy atom. The van der Waals surface area contributed by atoms with Gasteiger partial charge in [-0.15, -0.1) is 0 Å². The van der Waals surface area contributed by atoms with Gasteiger partial charge in [0.05, 0.1) is 5.09 Å². The fraction of sp³-hybridized carbons (Fsp3) is 0. The number of rotatable bonds is 0. The Kier molecular flexibility index (Phi) is 11.7. The maximum Gasteiger partial charge on any atom is 0.296 e. The van der Waals surface area contributed by atoms with Crippen LogP contribution in [0.4, 0.5) is 0 Å². The number of nitrogens with zero attached hydrogens (tertiary/aromatic N) is 1. The second-order valence-corrected chi connectivity index (χ2v) is 0.390. The summed E-state index contributed by atoms with van der Waals surface area (Å²) in [6.45, 7) is 0. The number of amides is 1. The molecule has 0 aromatic rings. The molecule has 0 rings (SSSR count). The average Bonchev–Trinajstić information content (AvgIpc) is 1.33. The summed E-state index contributed by atoms with van der Waals surface area (Å²) in [6.07, 6.45) is 0.500. The summed E-state index contributed by atoms with van der Waals surface area (Å²) < 4.78 is 0. The molecule has 0 aliphatic carbocycles. The zero-order valence-electron chi connectivity index (χ0n) is 3.36. The van der Waals surface area contributed by atoms with E-state index in [-0.39, 0.29) is 0 Å². The first kappa shape index (κ1) is 9.27. The van der Waals surface area contributed by atoms with E-state index in [1.54, 1.807) is 0 Å². The summed E-state index contributed by atoms with van der Waals surface area (Å²) in [5.74, 6) is 0. The molecule has 0 aromatic carbocycles. The lowest BCUT2D eigenvalue weighted by molar-refractivity contribution is -0.402. The summed E-state index contributed by atoms with van der Waals surface area (Å²) in [5.41, 5.74) is 2.81. The molecule has 6 heteroatoms. The third-order valence-electron chi connectivity index (χ3n) is 0. The van der Waals surface area contributed by atoms with Gasteiger partial charge in [-0.3, -0.25) is 5.73 Å². The van der Waals surface area contributed by atoms with Crippen LogP contribution in [0.5, 0.6) is 0 Å². The molecule has 0 fully saturated rings. The van der Waals surface area contributed by atoms with Gasteiger partial charge in [-0.2, -0.15) is 0 Å².